The molecule has 7 heteroatoms. The first-order valence-corrected chi connectivity index (χ1v) is 6.64. The van der Waals surface area contributed by atoms with Gasteiger partial charge in [0.1, 0.15) is 6.04 Å². The quantitative estimate of drug-likeness (QED) is 0.911. The van der Waals surface area contributed by atoms with E-state index in [0.29, 0.717) is 16.6 Å². The first kappa shape index (κ1) is 11.9. The van der Waals surface area contributed by atoms with Crippen molar-refractivity contribution in [3.05, 3.63) is 21.8 Å². The molecular weight excluding hydrogens is 314 g/mol. The van der Waals surface area contributed by atoms with Gasteiger partial charge in [-0.25, -0.2) is 4.98 Å². The highest BCUT2D eigenvalue weighted by Crippen LogP contribution is 2.23. The van der Waals surface area contributed by atoms with Crippen molar-refractivity contribution in [2.45, 2.75) is 6.04 Å². The van der Waals surface area contributed by atoms with Crippen LogP contribution in [0.15, 0.2) is 21.7 Å². The highest BCUT2D eigenvalue weighted by molar-refractivity contribution is 9.10. The van der Waals surface area contributed by atoms with Gasteiger partial charge in [0.05, 0.1) is 10.6 Å². The molecule has 16 heavy (non-hydrogen) atoms. The number of halogens is 2. The van der Waals surface area contributed by atoms with Crippen molar-refractivity contribution in [3.63, 3.8) is 0 Å². The smallest absolute Gasteiger partial charge is 0.251 e. The molecule has 1 aromatic heterocycles. The topological polar surface area (TPSA) is 54.4 Å². The fourth-order valence-electron chi connectivity index (χ4n) is 1.14. The van der Waals surface area contributed by atoms with Crippen LogP contribution in [0.4, 0.5) is 5.82 Å². The van der Waals surface area contributed by atoms with Gasteiger partial charge in [0, 0.05) is 16.4 Å². The lowest BCUT2D eigenvalue weighted by molar-refractivity contribution is -0.116. The Morgan fingerprint density at radius 1 is 1.69 bits per heavy atom. The van der Waals surface area contributed by atoms with E-state index in [-0.39, 0.29) is 11.9 Å². The van der Waals surface area contributed by atoms with E-state index < -0.39 is 0 Å². The molecule has 0 spiro atoms. The van der Waals surface area contributed by atoms with Crippen LogP contribution >= 0.6 is 39.3 Å². The predicted octanol–water partition coefficient (Wildman–Crippen LogP) is 2.58. The van der Waals surface area contributed by atoms with Crippen molar-refractivity contribution in [1.82, 2.24) is 4.98 Å². The Kier molecular flexibility index (Phi) is 3.83. The number of carbonyl (C=O) groups is 1. The number of carbonyl (C=O) groups excluding carboxylic acids is 1. The number of anilines is 1. The molecule has 1 aromatic rings. The Bertz CT molecular complexity index is 454. The van der Waals surface area contributed by atoms with Crippen molar-refractivity contribution in [1.29, 1.82) is 0 Å². The Balaban J connectivity index is 2.08. The number of aromatic nitrogens is 1. The highest BCUT2D eigenvalue weighted by Gasteiger charge is 2.21. The zero-order chi connectivity index (χ0) is 11.5. The standard InChI is InChI=1S/C9H7BrClN3OS/c10-5-1-6(11)8(12-2-5)14-9(15)7-3-16-4-13-7/h1-2,4,7H,3H2,(H,12,14,15). The summed E-state index contributed by atoms with van der Waals surface area (Å²) >= 11 is 10.7. The molecule has 1 aliphatic rings. The Morgan fingerprint density at radius 3 is 3.12 bits per heavy atom. The Hall–Kier alpha value is -0.590. The van der Waals surface area contributed by atoms with Gasteiger partial charge in [-0.2, -0.15) is 0 Å². The van der Waals surface area contributed by atoms with E-state index in [0.717, 1.165) is 4.47 Å². The van der Waals surface area contributed by atoms with E-state index in [9.17, 15) is 4.79 Å². The van der Waals surface area contributed by atoms with E-state index in [1.807, 2.05) is 0 Å². The van der Waals surface area contributed by atoms with Crippen LogP contribution in [-0.2, 0) is 4.79 Å². The predicted molar refractivity (Wildman–Crippen MR) is 70.3 cm³/mol. The second kappa shape index (κ2) is 5.16. The third kappa shape index (κ3) is 2.75. The van der Waals surface area contributed by atoms with Crippen molar-refractivity contribution in [2.75, 3.05) is 11.1 Å². The molecule has 1 aliphatic heterocycles. The van der Waals surface area contributed by atoms with Crippen LogP contribution in [0.3, 0.4) is 0 Å². The minimum absolute atomic E-state index is 0.182. The fraction of sp³-hybridized carbons (Fsp3) is 0.222. The number of hydrogen-bond donors (Lipinski definition) is 1. The average molecular weight is 321 g/mol. The number of pyridine rings is 1. The molecule has 0 aromatic carbocycles. The molecule has 0 fully saturated rings. The normalized spacial score (nSPS) is 18.8. The Labute approximate surface area is 110 Å². The van der Waals surface area contributed by atoms with Gasteiger partial charge in [0.2, 0.25) is 0 Å². The third-order valence-corrected chi connectivity index (χ3v) is 3.42. The minimum Gasteiger partial charge on any atom is -0.308 e. The summed E-state index contributed by atoms with van der Waals surface area (Å²) in [6.07, 6.45) is 1.58. The molecule has 4 nitrogen and oxygen atoms in total. The molecule has 0 saturated carbocycles. The fourth-order valence-corrected chi connectivity index (χ4v) is 2.56. The largest absolute Gasteiger partial charge is 0.308 e. The van der Waals surface area contributed by atoms with E-state index >= 15 is 0 Å². The molecular formula is C9H7BrClN3OS. The molecule has 84 valence electrons. The van der Waals surface area contributed by atoms with Crippen LogP contribution < -0.4 is 5.32 Å². The summed E-state index contributed by atoms with van der Waals surface area (Å²) < 4.78 is 0.768. The van der Waals surface area contributed by atoms with E-state index in [1.54, 1.807) is 17.8 Å². The maximum atomic E-state index is 11.7. The summed E-state index contributed by atoms with van der Waals surface area (Å²) in [5.74, 6) is 0.847. The monoisotopic (exact) mass is 319 g/mol. The van der Waals surface area contributed by atoms with Gasteiger partial charge in [-0.05, 0) is 22.0 Å². The molecule has 0 saturated heterocycles. The van der Waals surface area contributed by atoms with Crippen molar-refractivity contribution in [2.24, 2.45) is 4.99 Å². The molecule has 0 bridgehead atoms. The molecule has 0 radical (unpaired) electrons. The van der Waals surface area contributed by atoms with Crippen LogP contribution in [0.5, 0.6) is 0 Å². The number of amides is 1. The summed E-state index contributed by atoms with van der Waals surface area (Å²) in [7, 11) is 0. The van der Waals surface area contributed by atoms with Crippen LogP contribution in [0, 0.1) is 0 Å². The number of aliphatic imine (C=N–C) groups is 1. The first-order chi connectivity index (χ1) is 7.66. The maximum absolute atomic E-state index is 11.7. The molecule has 1 N–H and O–H groups in total. The summed E-state index contributed by atoms with van der Waals surface area (Å²) in [4.78, 5) is 19.7. The van der Waals surface area contributed by atoms with Crippen molar-refractivity contribution >= 4 is 56.6 Å². The van der Waals surface area contributed by atoms with Crippen LogP contribution in [-0.4, -0.2) is 28.2 Å². The lowest BCUT2D eigenvalue weighted by atomic mass is 10.3. The SMILES string of the molecule is O=C(Nc1ncc(Br)cc1Cl)C1CSC=N1. The van der Waals surface area contributed by atoms with Gasteiger partial charge < -0.3 is 5.32 Å². The molecule has 0 aliphatic carbocycles. The Morgan fingerprint density at radius 2 is 2.50 bits per heavy atom. The van der Waals surface area contributed by atoms with Crippen molar-refractivity contribution in [3.8, 4) is 0 Å². The molecule has 1 atom stereocenters. The molecule has 1 amide bonds. The number of nitrogens with zero attached hydrogens (tertiary/aromatic N) is 2. The highest BCUT2D eigenvalue weighted by atomic mass is 79.9. The van der Waals surface area contributed by atoms with Crippen LogP contribution in [0.25, 0.3) is 0 Å². The molecule has 2 heterocycles. The zero-order valence-corrected chi connectivity index (χ0v) is 11.1. The summed E-state index contributed by atoms with van der Waals surface area (Å²) in [6.45, 7) is 0. The van der Waals surface area contributed by atoms with Gasteiger partial charge >= 0.3 is 0 Å². The minimum atomic E-state index is -0.341. The number of hydrogen-bond acceptors (Lipinski definition) is 4. The first-order valence-electron chi connectivity index (χ1n) is 4.42. The summed E-state index contributed by atoms with van der Waals surface area (Å²) in [5.41, 5.74) is 1.68. The lowest BCUT2D eigenvalue weighted by Crippen LogP contribution is -2.27. The van der Waals surface area contributed by atoms with Gasteiger partial charge in [0.25, 0.3) is 5.91 Å². The third-order valence-electron chi connectivity index (χ3n) is 1.92. The van der Waals surface area contributed by atoms with Crippen LogP contribution in [0.1, 0.15) is 0 Å². The van der Waals surface area contributed by atoms with Gasteiger partial charge in [-0.15, -0.1) is 11.8 Å². The number of nitrogens with one attached hydrogen (secondary N) is 1. The second-order valence-electron chi connectivity index (χ2n) is 3.08. The zero-order valence-electron chi connectivity index (χ0n) is 7.98. The van der Waals surface area contributed by atoms with Crippen molar-refractivity contribution < 1.29 is 4.79 Å². The molecule has 2 rings (SSSR count). The van der Waals surface area contributed by atoms with E-state index in [2.05, 4.69) is 31.2 Å². The summed E-state index contributed by atoms with van der Waals surface area (Å²) in [5, 5.41) is 3.05. The van der Waals surface area contributed by atoms with Gasteiger partial charge in [-0.3, -0.25) is 9.79 Å². The average Bonchev–Trinajstić information content (AvgIpc) is 2.75. The second-order valence-corrected chi connectivity index (χ2v) is 5.28. The van der Waals surface area contributed by atoms with E-state index in [1.165, 1.54) is 11.8 Å². The van der Waals surface area contributed by atoms with E-state index in [4.69, 9.17) is 11.6 Å². The number of rotatable bonds is 2. The van der Waals surface area contributed by atoms with Gasteiger partial charge in [0.15, 0.2) is 5.82 Å². The summed E-state index contributed by atoms with van der Waals surface area (Å²) in [6, 6.07) is 1.34. The lowest BCUT2D eigenvalue weighted by Gasteiger charge is -2.08. The maximum Gasteiger partial charge on any atom is 0.251 e. The van der Waals surface area contributed by atoms with Crippen LogP contribution in [0.2, 0.25) is 5.02 Å². The number of thioether (sulfide) groups is 1. The molecule has 1 unspecified atom stereocenters. The van der Waals surface area contributed by atoms with Gasteiger partial charge in [-0.1, -0.05) is 11.6 Å².